The second-order valence-corrected chi connectivity index (χ2v) is 6.86. The molecule has 130 valence electrons. The maximum atomic E-state index is 13.0. The van der Waals surface area contributed by atoms with Crippen LogP contribution < -0.4 is 4.74 Å². The minimum atomic E-state index is -1.05. The van der Waals surface area contributed by atoms with Gasteiger partial charge in [-0.15, -0.1) is 0 Å². The second-order valence-electron chi connectivity index (χ2n) is 5.71. The molecule has 0 saturated carbocycles. The van der Waals surface area contributed by atoms with Crippen LogP contribution in [-0.2, 0) is 4.79 Å². The van der Waals surface area contributed by atoms with E-state index in [1.165, 1.54) is 0 Å². The van der Waals surface area contributed by atoms with Gasteiger partial charge in [-0.3, -0.25) is 4.79 Å². The molecule has 1 unspecified atom stereocenters. The van der Waals surface area contributed by atoms with Gasteiger partial charge in [-0.2, -0.15) is 11.8 Å². The zero-order valence-corrected chi connectivity index (χ0v) is 14.4. The second kappa shape index (κ2) is 8.07. The van der Waals surface area contributed by atoms with E-state index in [4.69, 9.17) is 9.84 Å². The number of carboxylic acid groups (broad SMARTS) is 1. The van der Waals surface area contributed by atoms with E-state index < -0.39 is 12.6 Å². The van der Waals surface area contributed by atoms with Crippen LogP contribution in [0.2, 0.25) is 0 Å². The molecule has 2 aromatic rings. The van der Waals surface area contributed by atoms with Crippen LogP contribution in [0.3, 0.4) is 0 Å². The Hall–Kier alpha value is -2.47. The summed E-state index contributed by atoms with van der Waals surface area (Å²) >= 11 is 1.84. The van der Waals surface area contributed by atoms with Crippen molar-refractivity contribution in [3.63, 3.8) is 0 Å². The summed E-state index contributed by atoms with van der Waals surface area (Å²) in [5, 5.41) is 8.72. The lowest BCUT2D eigenvalue weighted by Gasteiger charge is -2.36. The van der Waals surface area contributed by atoms with Crippen LogP contribution in [0.5, 0.6) is 5.75 Å². The third-order valence-corrected chi connectivity index (χ3v) is 5.04. The smallest absolute Gasteiger partial charge is 0.341 e. The van der Waals surface area contributed by atoms with Gasteiger partial charge in [0.25, 0.3) is 5.91 Å². The lowest BCUT2D eigenvalue weighted by molar-refractivity contribution is -0.139. The normalized spacial score (nSPS) is 17.1. The van der Waals surface area contributed by atoms with Crippen LogP contribution in [0.1, 0.15) is 22.0 Å². The topological polar surface area (TPSA) is 66.8 Å². The Kier molecular flexibility index (Phi) is 5.60. The van der Waals surface area contributed by atoms with Crippen molar-refractivity contribution in [3.05, 3.63) is 65.7 Å². The van der Waals surface area contributed by atoms with Crippen molar-refractivity contribution < 1.29 is 19.4 Å². The molecule has 0 bridgehead atoms. The van der Waals surface area contributed by atoms with Gasteiger partial charge >= 0.3 is 5.97 Å². The number of benzene rings is 2. The Balaban J connectivity index is 1.80. The lowest BCUT2D eigenvalue weighted by Crippen LogP contribution is -2.40. The number of carboxylic acids is 1. The SMILES string of the molecule is O=C(O)COc1cccc(C(=O)N2CCSCC2c2ccccc2)c1. The fraction of sp³-hybridized carbons (Fsp3) is 0.263. The number of carbonyl (C=O) groups is 2. The number of hydrogen-bond donors (Lipinski definition) is 1. The molecule has 25 heavy (non-hydrogen) atoms. The third kappa shape index (κ3) is 4.33. The van der Waals surface area contributed by atoms with Gasteiger partial charge in [0.15, 0.2) is 6.61 Å². The maximum Gasteiger partial charge on any atom is 0.341 e. The molecule has 1 aliphatic rings. The summed E-state index contributed by atoms with van der Waals surface area (Å²) in [6, 6.07) is 16.8. The van der Waals surface area contributed by atoms with Gasteiger partial charge in [-0.25, -0.2) is 4.79 Å². The van der Waals surface area contributed by atoms with Crippen LogP contribution >= 0.6 is 11.8 Å². The molecule has 6 heteroatoms. The van der Waals surface area contributed by atoms with Gasteiger partial charge in [0.05, 0.1) is 6.04 Å². The standard InChI is InChI=1S/C19H19NO4S/c21-18(22)12-24-16-8-4-7-15(11-16)19(23)20-9-10-25-13-17(20)14-5-2-1-3-6-14/h1-8,11,17H,9-10,12-13H2,(H,21,22). The Morgan fingerprint density at radius 3 is 2.72 bits per heavy atom. The van der Waals surface area contributed by atoms with E-state index in [-0.39, 0.29) is 11.9 Å². The van der Waals surface area contributed by atoms with Crippen LogP contribution in [-0.4, -0.2) is 46.5 Å². The summed E-state index contributed by atoms with van der Waals surface area (Å²) in [5.74, 6) is 1.05. The molecule has 0 aliphatic carbocycles. The average molecular weight is 357 g/mol. The first-order chi connectivity index (χ1) is 12.1. The molecule has 0 radical (unpaired) electrons. The fourth-order valence-electron chi connectivity index (χ4n) is 2.83. The molecule has 1 saturated heterocycles. The van der Waals surface area contributed by atoms with E-state index in [1.54, 1.807) is 24.3 Å². The van der Waals surface area contributed by atoms with E-state index in [1.807, 2.05) is 47.0 Å². The van der Waals surface area contributed by atoms with E-state index in [2.05, 4.69) is 0 Å². The van der Waals surface area contributed by atoms with Crippen LogP contribution in [0.4, 0.5) is 0 Å². The first-order valence-electron chi connectivity index (χ1n) is 8.03. The van der Waals surface area contributed by atoms with E-state index in [0.29, 0.717) is 17.9 Å². The van der Waals surface area contributed by atoms with E-state index in [0.717, 1.165) is 17.1 Å². The van der Waals surface area contributed by atoms with Crippen molar-refractivity contribution in [2.45, 2.75) is 6.04 Å². The first-order valence-corrected chi connectivity index (χ1v) is 9.19. The molecule has 0 spiro atoms. The van der Waals surface area contributed by atoms with E-state index >= 15 is 0 Å². The number of ether oxygens (including phenoxy) is 1. The molecule has 1 aliphatic heterocycles. The molecule has 3 rings (SSSR count). The third-order valence-electron chi connectivity index (χ3n) is 4.02. The minimum Gasteiger partial charge on any atom is -0.482 e. The number of rotatable bonds is 5. The Morgan fingerprint density at radius 2 is 1.96 bits per heavy atom. The summed E-state index contributed by atoms with van der Waals surface area (Å²) in [6.07, 6.45) is 0. The highest BCUT2D eigenvalue weighted by Gasteiger charge is 2.29. The summed E-state index contributed by atoms with van der Waals surface area (Å²) in [6.45, 7) is 0.258. The highest BCUT2D eigenvalue weighted by Crippen LogP contribution is 2.31. The molecule has 5 nitrogen and oxygen atoms in total. The predicted molar refractivity (Wildman–Crippen MR) is 97.1 cm³/mol. The molecule has 1 N–H and O–H groups in total. The van der Waals surface area contributed by atoms with Crippen molar-refractivity contribution in [2.75, 3.05) is 24.7 Å². The number of amides is 1. The molecule has 2 aromatic carbocycles. The molecule has 1 heterocycles. The monoisotopic (exact) mass is 357 g/mol. The Bertz CT molecular complexity index is 750. The number of carbonyl (C=O) groups excluding carboxylic acids is 1. The fourth-order valence-corrected chi connectivity index (χ4v) is 3.92. The van der Waals surface area contributed by atoms with Gasteiger partial charge in [0, 0.05) is 23.6 Å². The number of aliphatic carboxylic acids is 1. The summed E-state index contributed by atoms with van der Waals surface area (Å²) < 4.78 is 5.18. The van der Waals surface area contributed by atoms with Crippen molar-refractivity contribution in [1.82, 2.24) is 4.90 Å². The van der Waals surface area contributed by atoms with Gasteiger partial charge < -0.3 is 14.7 Å². The number of hydrogen-bond acceptors (Lipinski definition) is 4. The van der Waals surface area contributed by atoms with Crippen LogP contribution in [0, 0.1) is 0 Å². The van der Waals surface area contributed by atoms with Crippen LogP contribution in [0.25, 0.3) is 0 Å². The summed E-state index contributed by atoms with van der Waals surface area (Å²) in [5.41, 5.74) is 1.64. The quantitative estimate of drug-likeness (QED) is 0.891. The van der Waals surface area contributed by atoms with Crippen molar-refractivity contribution in [2.24, 2.45) is 0 Å². The Labute approximate surface area is 150 Å². The zero-order chi connectivity index (χ0) is 17.6. The molecular weight excluding hydrogens is 338 g/mol. The van der Waals surface area contributed by atoms with Gasteiger partial charge in [-0.1, -0.05) is 36.4 Å². The summed E-state index contributed by atoms with van der Waals surface area (Å²) in [4.78, 5) is 25.5. The first kappa shape index (κ1) is 17.4. The number of nitrogens with zero attached hydrogens (tertiary/aromatic N) is 1. The highest BCUT2D eigenvalue weighted by molar-refractivity contribution is 7.99. The highest BCUT2D eigenvalue weighted by atomic mass is 32.2. The average Bonchev–Trinajstić information content (AvgIpc) is 2.67. The predicted octanol–water partition coefficient (Wildman–Crippen LogP) is 3.08. The zero-order valence-electron chi connectivity index (χ0n) is 13.6. The minimum absolute atomic E-state index is 0.0380. The van der Waals surface area contributed by atoms with Gasteiger partial charge in [-0.05, 0) is 23.8 Å². The molecule has 1 amide bonds. The lowest BCUT2D eigenvalue weighted by atomic mass is 10.1. The van der Waals surface area contributed by atoms with Crippen molar-refractivity contribution >= 4 is 23.6 Å². The molecule has 0 aromatic heterocycles. The van der Waals surface area contributed by atoms with Crippen molar-refractivity contribution in [1.29, 1.82) is 0 Å². The van der Waals surface area contributed by atoms with Gasteiger partial charge in [0.2, 0.25) is 0 Å². The molecule has 1 atom stereocenters. The molecular formula is C19H19NO4S. The number of thioether (sulfide) groups is 1. The maximum absolute atomic E-state index is 13.0. The van der Waals surface area contributed by atoms with E-state index in [9.17, 15) is 9.59 Å². The van der Waals surface area contributed by atoms with Crippen LogP contribution in [0.15, 0.2) is 54.6 Å². The van der Waals surface area contributed by atoms with Gasteiger partial charge in [0.1, 0.15) is 5.75 Å². The molecule has 1 fully saturated rings. The Morgan fingerprint density at radius 1 is 1.16 bits per heavy atom. The largest absolute Gasteiger partial charge is 0.482 e. The van der Waals surface area contributed by atoms with Crippen molar-refractivity contribution in [3.8, 4) is 5.75 Å². The summed E-state index contributed by atoms with van der Waals surface area (Å²) in [7, 11) is 0.